The fraction of sp³-hybridized carbons (Fsp3) is 0.415. The molecule has 1 fully saturated rings. The average Bonchev–Trinajstić information content (AvgIpc) is 3.71. The zero-order valence-corrected chi connectivity index (χ0v) is 32.5. The van der Waals surface area contributed by atoms with Gasteiger partial charge in [0.15, 0.2) is 0 Å². The van der Waals surface area contributed by atoms with Gasteiger partial charge in [0.25, 0.3) is 0 Å². The average molecular weight is 804 g/mol. The Hall–Kier alpha value is -5.51. The predicted octanol–water partition coefficient (Wildman–Crippen LogP) is 1.32. The molecule has 0 radical (unpaired) electrons. The van der Waals surface area contributed by atoms with Crippen molar-refractivity contribution in [3.8, 4) is 0 Å². The van der Waals surface area contributed by atoms with Gasteiger partial charge in [0.2, 0.25) is 35.4 Å². The first kappa shape index (κ1) is 42.6. The standard InChI is InChI=1S/C41H50ClN7O8/c42-31-9-3-6-28(22-31)25-41-14-5-18-49(27-41)37(52)12-11-35(50)44-16-13-33(38(53)45-17-21-56-20-15-43)47-36(51)23-29-7-1-2-8-30(29)26-46-39(54)34(48-40(41)55)24-32-10-4-19-57-32/h1-4,6-12,19,22,33-34H,5,13-18,20-21,23-27,43H2,(H,44,50)(H,45,53)(H,46,54)(H,47,51)(H,48,55)/b12-11+/t33-,34-,41-/m0/s1. The molecule has 304 valence electrons. The maximum Gasteiger partial charge on any atom is 0.246 e. The number of nitrogens with two attached hydrogens (primary N) is 1. The van der Waals surface area contributed by atoms with E-state index < -0.39 is 52.9 Å². The molecule has 3 aromatic rings. The first-order chi connectivity index (χ1) is 27.5. The molecule has 2 aliphatic rings. The largest absolute Gasteiger partial charge is 0.469 e. The topological polar surface area (TPSA) is 214 Å². The molecule has 7 N–H and O–H groups in total. The van der Waals surface area contributed by atoms with E-state index in [4.69, 9.17) is 26.5 Å². The summed E-state index contributed by atoms with van der Waals surface area (Å²) in [7, 11) is 0. The number of nitrogens with one attached hydrogen (secondary N) is 5. The third kappa shape index (κ3) is 12.8. The summed E-state index contributed by atoms with van der Waals surface area (Å²) in [4.78, 5) is 83.1. The quantitative estimate of drug-likeness (QED) is 0.163. The maximum absolute atomic E-state index is 14.6. The Kier molecular flexibility index (Phi) is 15.8. The lowest BCUT2D eigenvalue weighted by molar-refractivity contribution is -0.141. The summed E-state index contributed by atoms with van der Waals surface area (Å²) < 4.78 is 10.9. The van der Waals surface area contributed by atoms with Crippen LogP contribution in [0.4, 0.5) is 0 Å². The molecule has 0 saturated carbocycles. The van der Waals surface area contributed by atoms with E-state index in [9.17, 15) is 28.8 Å². The second-order valence-corrected chi connectivity index (χ2v) is 14.6. The smallest absolute Gasteiger partial charge is 0.246 e. The van der Waals surface area contributed by atoms with E-state index in [0.717, 1.165) is 17.7 Å². The summed E-state index contributed by atoms with van der Waals surface area (Å²) in [5.74, 6) is -2.40. The van der Waals surface area contributed by atoms with Crippen LogP contribution in [0.5, 0.6) is 0 Å². The van der Waals surface area contributed by atoms with Crippen LogP contribution in [0.15, 0.2) is 83.5 Å². The second kappa shape index (κ2) is 21.1. The lowest BCUT2D eigenvalue weighted by Crippen LogP contribution is -2.58. The van der Waals surface area contributed by atoms with Gasteiger partial charge in [-0.3, -0.25) is 28.8 Å². The van der Waals surface area contributed by atoms with E-state index in [1.54, 1.807) is 54.6 Å². The molecule has 1 aromatic heterocycles. The predicted molar refractivity (Wildman–Crippen MR) is 211 cm³/mol. The Morgan fingerprint density at radius 1 is 0.982 bits per heavy atom. The van der Waals surface area contributed by atoms with Crippen molar-refractivity contribution < 1.29 is 37.9 Å². The van der Waals surface area contributed by atoms with Gasteiger partial charge < -0.3 is 46.4 Å². The van der Waals surface area contributed by atoms with Crippen LogP contribution in [0, 0.1) is 5.41 Å². The molecule has 0 spiro atoms. The number of carbonyl (C=O) groups excluding carboxylic acids is 6. The van der Waals surface area contributed by atoms with Gasteiger partial charge in [-0.25, -0.2) is 0 Å². The normalized spacial score (nSPS) is 22.1. The molecule has 3 atom stereocenters. The summed E-state index contributed by atoms with van der Waals surface area (Å²) >= 11 is 6.34. The van der Waals surface area contributed by atoms with Crippen molar-refractivity contribution >= 4 is 47.0 Å². The highest BCUT2D eigenvalue weighted by Crippen LogP contribution is 2.35. The number of nitrogens with zero attached hydrogens (tertiary/aromatic N) is 1. The number of benzene rings is 2. The molecular weight excluding hydrogens is 754 g/mol. The van der Waals surface area contributed by atoms with Gasteiger partial charge in [-0.1, -0.05) is 48.0 Å². The monoisotopic (exact) mass is 803 g/mol. The maximum atomic E-state index is 14.6. The third-order valence-corrected chi connectivity index (χ3v) is 10.1. The molecule has 2 bridgehead atoms. The van der Waals surface area contributed by atoms with Crippen LogP contribution in [-0.2, 0) is 59.3 Å². The summed E-state index contributed by atoms with van der Waals surface area (Å²) in [6, 6.07) is 15.6. The Labute approximate surface area is 336 Å². The Morgan fingerprint density at radius 3 is 2.58 bits per heavy atom. The van der Waals surface area contributed by atoms with E-state index in [1.807, 2.05) is 6.07 Å². The van der Waals surface area contributed by atoms with Crippen molar-refractivity contribution in [2.75, 3.05) is 45.9 Å². The van der Waals surface area contributed by atoms with Gasteiger partial charge in [0, 0.05) is 62.9 Å². The molecule has 0 aliphatic carbocycles. The highest BCUT2D eigenvalue weighted by atomic mass is 35.5. The van der Waals surface area contributed by atoms with Gasteiger partial charge in [0.05, 0.1) is 31.3 Å². The number of ether oxygens (including phenoxy) is 1. The number of hydrogen-bond donors (Lipinski definition) is 6. The highest BCUT2D eigenvalue weighted by Gasteiger charge is 2.44. The minimum Gasteiger partial charge on any atom is -0.469 e. The van der Waals surface area contributed by atoms with E-state index in [2.05, 4.69) is 26.6 Å². The van der Waals surface area contributed by atoms with Crippen LogP contribution in [0.2, 0.25) is 5.02 Å². The van der Waals surface area contributed by atoms with E-state index >= 15 is 0 Å². The second-order valence-electron chi connectivity index (χ2n) is 14.1. The minimum absolute atomic E-state index is 0.00776. The molecule has 6 amide bonds. The minimum atomic E-state index is -1.15. The van der Waals surface area contributed by atoms with Gasteiger partial charge in [0.1, 0.15) is 17.8 Å². The van der Waals surface area contributed by atoms with E-state index in [-0.39, 0.29) is 58.5 Å². The van der Waals surface area contributed by atoms with Crippen LogP contribution in [-0.4, -0.2) is 98.4 Å². The molecule has 5 rings (SSSR count). The van der Waals surface area contributed by atoms with Crippen LogP contribution < -0.4 is 32.3 Å². The van der Waals surface area contributed by atoms with Gasteiger partial charge in [-0.15, -0.1) is 0 Å². The van der Waals surface area contributed by atoms with Crippen LogP contribution in [0.1, 0.15) is 41.7 Å². The molecule has 16 heteroatoms. The van der Waals surface area contributed by atoms with Crippen LogP contribution in [0.25, 0.3) is 0 Å². The fourth-order valence-corrected chi connectivity index (χ4v) is 7.23. The SMILES string of the molecule is NCCOCCNC(=O)[C@@H]1CCNC(=O)/C=C/C(=O)N2CCC[C@](Cc3cccc(Cl)c3)(C2)C(=O)N[C@@H](Cc2ccco2)C(=O)NCc2ccccc2CC(=O)N1. The van der Waals surface area contributed by atoms with Gasteiger partial charge >= 0.3 is 0 Å². The lowest BCUT2D eigenvalue weighted by atomic mass is 9.74. The number of halogens is 1. The molecule has 2 aromatic carbocycles. The lowest BCUT2D eigenvalue weighted by Gasteiger charge is -2.42. The first-order valence-electron chi connectivity index (χ1n) is 19.1. The summed E-state index contributed by atoms with van der Waals surface area (Å²) in [6.07, 6.45) is 4.85. The zero-order valence-electron chi connectivity index (χ0n) is 31.7. The molecular formula is C41H50ClN7O8. The number of piperidine rings is 1. The molecule has 3 heterocycles. The summed E-state index contributed by atoms with van der Waals surface area (Å²) in [5, 5.41) is 14.6. The van der Waals surface area contributed by atoms with Crippen molar-refractivity contribution in [1.82, 2.24) is 31.5 Å². The number of amides is 6. The number of fused-ring (bicyclic) bond motifs is 3. The van der Waals surface area contributed by atoms with Crippen LogP contribution >= 0.6 is 11.6 Å². The Morgan fingerprint density at radius 2 is 1.81 bits per heavy atom. The van der Waals surface area contributed by atoms with Crippen molar-refractivity contribution in [3.05, 3.63) is 107 Å². The number of furan rings is 1. The Balaban J connectivity index is 1.44. The fourth-order valence-electron chi connectivity index (χ4n) is 7.02. The molecule has 2 aliphatic heterocycles. The molecule has 57 heavy (non-hydrogen) atoms. The van der Waals surface area contributed by atoms with Crippen LogP contribution in [0.3, 0.4) is 0 Å². The zero-order chi connectivity index (χ0) is 40.6. The van der Waals surface area contributed by atoms with Gasteiger partial charge in [-0.2, -0.15) is 0 Å². The highest BCUT2D eigenvalue weighted by molar-refractivity contribution is 6.30. The van der Waals surface area contributed by atoms with Crippen molar-refractivity contribution in [1.29, 1.82) is 0 Å². The van der Waals surface area contributed by atoms with Gasteiger partial charge in [-0.05, 0) is 66.6 Å². The number of rotatable bonds is 10. The Bertz CT molecular complexity index is 1900. The number of carbonyl (C=O) groups is 6. The van der Waals surface area contributed by atoms with E-state index in [0.29, 0.717) is 54.4 Å². The van der Waals surface area contributed by atoms with Crippen molar-refractivity contribution in [2.24, 2.45) is 11.1 Å². The van der Waals surface area contributed by atoms with Crippen molar-refractivity contribution in [2.45, 2.75) is 57.2 Å². The first-order valence-corrected chi connectivity index (χ1v) is 19.4. The summed E-state index contributed by atoms with van der Waals surface area (Å²) in [5.41, 5.74) is 6.36. The molecule has 15 nitrogen and oxygen atoms in total. The molecule has 0 unspecified atom stereocenters. The molecule has 1 saturated heterocycles. The number of hydrogen-bond acceptors (Lipinski definition) is 9. The van der Waals surface area contributed by atoms with Crippen molar-refractivity contribution in [3.63, 3.8) is 0 Å². The third-order valence-electron chi connectivity index (χ3n) is 9.90. The summed E-state index contributed by atoms with van der Waals surface area (Å²) in [6.45, 7) is 1.49. The van der Waals surface area contributed by atoms with E-state index in [1.165, 1.54) is 11.2 Å².